The van der Waals surface area contributed by atoms with Crippen molar-refractivity contribution in [2.24, 2.45) is 5.41 Å². The van der Waals surface area contributed by atoms with E-state index in [4.69, 9.17) is 4.74 Å². The minimum atomic E-state index is -3.82. The summed E-state index contributed by atoms with van der Waals surface area (Å²) in [5.74, 6) is 0.787. The first-order chi connectivity index (χ1) is 23.6. The second kappa shape index (κ2) is 13.4. The zero-order chi connectivity index (χ0) is 34.5. The van der Waals surface area contributed by atoms with Crippen LogP contribution in [-0.4, -0.2) is 67.2 Å². The first kappa shape index (κ1) is 34.1. The van der Waals surface area contributed by atoms with Gasteiger partial charge < -0.3 is 19.5 Å². The van der Waals surface area contributed by atoms with E-state index in [1.54, 1.807) is 27.0 Å². The molecule has 0 spiro atoms. The van der Waals surface area contributed by atoms with Gasteiger partial charge in [0.25, 0.3) is 5.91 Å². The van der Waals surface area contributed by atoms with Gasteiger partial charge in [0, 0.05) is 41.1 Å². The lowest BCUT2D eigenvalue weighted by Crippen LogP contribution is -2.53. The van der Waals surface area contributed by atoms with Crippen LogP contribution in [0.1, 0.15) is 113 Å². The number of carbonyl (C=O) groups is 2. The minimum Gasteiger partial charge on any atom is -0.497 e. The molecular weight excluding hydrogens is 637 g/mol. The van der Waals surface area contributed by atoms with E-state index in [0.29, 0.717) is 30.5 Å². The Morgan fingerprint density at radius 1 is 0.980 bits per heavy atom. The molecule has 49 heavy (non-hydrogen) atoms. The third kappa shape index (κ3) is 6.28. The number of rotatable bonds is 11. The predicted octanol–water partition coefficient (Wildman–Crippen LogP) is 6.74. The standard InChI is InChI=1S/C39H52N4O5S/c1-5-25(2)49(46,47)41-37(44)28-13-18-33-34(21-28)42(24-39(19-20-39)38(45)43-30-14-15-31(43)23-29(22-30)40-3)36(27-11-16-32(48-4)17-12-27)35(33)26-9-7-6-8-10-26/h11-13,16-18,21,25-26,29-31,40H,5-10,14-15,19-20,22-24H2,1-4H3,(H,41,44). The third-order valence-electron chi connectivity index (χ3n) is 12.2. The van der Waals surface area contributed by atoms with Gasteiger partial charge in [-0.2, -0.15) is 0 Å². The van der Waals surface area contributed by atoms with Gasteiger partial charge >= 0.3 is 0 Å². The zero-order valence-electron chi connectivity index (χ0n) is 29.5. The molecule has 1 aromatic heterocycles. The van der Waals surface area contributed by atoms with Crippen molar-refractivity contribution in [2.75, 3.05) is 14.2 Å². The van der Waals surface area contributed by atoms with Crippen LogP contribution in [0.5, 0.6) is 5.75 Å². The van der Waals surface area contributed by atoms with Crippen LogP contribution < -0.4 is 14.8 Å². The molecule has 2 saturated heterocycles. The van der Waals surface area contributed by atoms with Crippen molar-refractivity contribution in [3.05, 3.63) is 53.6 Å². The number of carbonyl (C=O) groups excluding carboxylic acids is 2. The summed E-state index contributed by atoms with van der Waals surface area (Å²) in [6.45, 7) is 3.93. The van der Waals surface area contributed by atoms with Gasteiger partial charge in [0.1, 0.15) is 5.75 Å². The SMILES string of the molecule is CCC(C)S(=O)(=O)NC(=O)c1ccc2c(C3CCCCC3)c(-c3ccc(OC)cc3)n(CC3(C(=O)N4C5CCC4CC(NC)C5)CC3)c2c1. The highest BCUT2D eigenvalue weighted by molar-refractivity contribution is 7.90. The number of methoxy groups -OCH3 is 1. The molecule has 9 nitrogen and oxygen atoms in total. The number of nitrogens with one attached hydrogen (secondary N) is 2. The van der Waals surface area contributed by atoms with Gasteiger partial charge in [-0.15, -0.1) is 0 Å². The van der Waals surface area contributed by atoms with Gasteiger partial charge in [-0.25, -0.2) is 13.1 Å². The Morgan fingerprint density at radius 2 is 1.65 bits per heavy atom. The summed E-state index contributed by atoms with van der Waals surface area (Å²) in [5, 5.41) is 3.86. The monoisotopic (exact) mass is 688 g/mol. The van der Waals surface area contributed by atoms with Gasteiger partial charge in [-0.05, 0) is 125 Å². The van der Waals surface area contributed by atoms with Crippen LogP contribution in [0.25, 0.3) is 22.2 Å². The zero-order valence-corrected chi connectivity index (χ0v) is 30.3. The lowest BCUT2D eigenvalue weighted by atomic mass is 9.81. The Balaban J connectivity index is 1.36. The molecule has 3 heterocycles. The summed E-state index contributed by atoms with van der Waals surface area (Å²) in [6, 6.07) is 14.8. The Bertz CT molecular complexity index is 1810. The van der Waals surface area contributed by atoms with E-state index >= 15 is 0 Å². The molecule has 3 aromatic rings. The smallest absolute Gasteiger partial charge is 0.264 e. The maximum absolute atomic E-state index is 14.7. The topological polar surface area (TPSA) is 110 Å². The molecule has 3 unspecified atom stereocenters. The second-order valence-corrected chi connectivity index (χ2v) is 17.3. The Morgan fingerprint density at radius 3 is 2.24 bits per heavy atom. The maximum atomic E-state index is 14.7. The molecular formula is C39H52N4O5S. The molecule has 0 radical (unpaired) electrons. The highest BCUT2D eigenvalue weighted by atomic mass is 32.2. The number of hydrogen-bond donors (Lipinski definition) is 2. The first-order valence-electron chi connectivity index (χ1n) is 18.5. The van der Waals surface area contributed by atoms with Crippen LogP contribution in [0.15, 0.2) is 42.5 Å². The fourth-order valence-electron chi connectivity index (χ4n) is 8.97. The molecule has 10 heteroatoms. The fourth-order valence-corrected chi connectivity index (χ4v) is 9.98. The van der Waals surface area contributed by atoms with E-state index < -0.39 is 26.6 Å². The fraction of sp³-hybridized carbons (Fsp3) is 0.590. The van der Waals surface area contributed by atoms with Crippen molar-refractivity contribution in [1.82, 2.24) is 19.5 Å². The Labute approximate surface area is 291 Å². The first-order valence-corrected chi connectivity index (χ1v) is 20.0. The maximum Gasteiger partial charge on any atom is 0.264 e. The van der Waals surface area contributed by atoms with Crippen LogP contribution >= 0.6 is 0 Å². The van der Waals surface area contributed by atoms with Crippen molar-refractivity contribution in [1.29, 1.82) is 0 Å². The number of aromatic nitrogens is 1. The molecule has 2 aliphatic carbocycles. The number of nitrogens with zero attached hydrogens (tertiary/aromatic N) is 2. The van der Waals surface area contributed by atoms with E-state index in [0.717, 1.165) is 79.3 Å². The number of ether oxygens (including phenoxy) is 1. The summed E-state index contributed by atoms with van der Waals surface area (Å²) in [6.07, 6.45) is 12.0. The van der Waals surface area contributed by atoms with E-state index in [9.17, 15) is 18.0 Å². The number of piperidine rings is 1. The molecule has 2 aliphatic heterocycles. The Kier molecular flexibility index (Phi) is 9.32. The van der Waals surface area contributed by atoms with Gasteiger partial charge in [-0.1, -0.05) is 32.3 Å². The highest BCUT2D eigenvalue weighted by Crippen LogP contribution is 2.54. The molecule has 4 aliphatic rings. The Hall–Kier alpha value is -3.37. The van der Waals surface area contributed by atoms with E-state index in [1.807, 2.05) is 31.3 Å². The van der Waals surface area contributed by atoms with Gasteiger partial charge in [0.05, 0.1) is 23.5 Å². The van der Waals surface area contributed by atoms with Crippen LogP contribution in [0.2, 0.25) is 0 Å². The van der Waals surface area contributed by atoms with Crippen LogP contribution in [-0.2, 0) is 21.4 Å². The summed E-state index contributed by atoms with van der Waals surface area (Å²) in [5.41, 5.74) is 4.13. The number of amides is 2. The van der Waals surface area contributed by atoms with Gasteiger partial charge in [0.15, 0.2) is 0 Å². The number of fused-ring (bicyclic) bond motifs is 3. The van der Waals surface area contributed by atoms with Crippen molar-refractivity contribution < 1.29 is 22.7 Å². The quantitative estimate of drug-likeness (QED) is 0.231. The van der Waals surface area contributed by atoms with Crippen LogP contribution in [0, 0.1) is 5.41 Å². The highest BCUT2D eigenvalue weighted by Gasteiger charge is 2.56. The van der Waals surface area contributed by atoms with Crippen LogP contribution in [0.4, 0.5) is 0 Å². The number of hydrogen-bond acceptors (Lipinski definition) is 6. The molecule has 7 rings (SSSR count). The van der Waals surface area contributed by atoms with Gasteiger partial charge in [0.2, 0.25) is 15.9 Å². The van der Waals surface area contributed by atoms with Crippen molar-refractivity contribution in [3.8, 4) is 17.0 Å². The van der Waals surface area contributed by atoms with Crippen LogP contribution in [0.3, 0.4) is 0 Å². The summed E-state index contributed by atoms with van der Waals surface area (Å²) >= 11 is 0. The average Bonchev–Trinajstić information content (AvgIpc) is 3.78. The molecule has 2 saturated carbocycles. The number of benzene rings is 2. The molecule has 2 bridgehead atoms. The molecule has 264 valence electrons. The molecule has 2 aromatic carbocycles. The molecule has 2 amide bonds. The van der Waals surface area contributed by atoms with E-state index in [1.165, 1.54) is 24.8 Å². The third-order valence-corrected chi connectivity index (χ3v) is 14.1. The average molecular weight is 689 g/mol. The summed E-state index contributed by atoms with van der Waals surface area (Å²) in [4.78, 5) is 30.5. The summed E-state index contributed by atoms with van der Waals surface area (Å²) in [7, 11) is -0.120. The minimum absolute atomic E-state index is 0.282. The molecule has 3 atom stereocenters. The number of sulfonamides is 1. The molecule has 2 N–H and O–H groups in total. The van der Waals surface area contributed by atoms with Crippen molar-refractivity contribution in [2.45, 2.75) is 127 Å². The second-order valence-electron chi connectivity index (χ2n) is 15.2. The lowest BCUT2D eigenvalue weighted by molar-refractivity contribution is -0.142. The lowest BCUT2D eigenvalue weighted by Gasteiger charge is -2.41. The molecule has 4 fully saturated rings. The van der Waals surface area contributed by atoms with Crippen molar-refractivity contribution in [3.63, 3.8) is 0 Å². The summed E-state index contributed by atoms with van der Waals surface area (Å²) < 4.78 is 36.0. The van der Waals surface area contributed by atoms with Crippen molar-refractivity contribution >= 4 is 32.7 Å². The normalized spacial score (nSPS) is 24.2. The van der Waals surface area contributed by atoms with Gasteiger partial charge in [-0.3, -0.25) is 9.59 Å². The van der Waals surface area contributed by atoms with E-state index in [2.05, 4.69) is 31.6 Å². The largest absolute Gasteiger partial charge is 0.497 e. The van der Waals surface area contributed by atoms with E-state index in [-0.39, 0.29) is 18.0 Å². The predicted molar refractivity (Wildman–Crippen MR) is 193 cm³/mol.